The average Bonchev–Trinajstić information content (AvgIpc) is 3.03. The van der Waals surface area contributed by atoms with Gasteiger partial charge in [0.05, 0.1) is 5.56 Å². The van der Waals surface area contributed by atoms with E-state index >= 15 is 0 Å². The van der Waals surface area contributed by atoms with Gasteiger partial charge in [0.25, 0.3) is 5.91 Å². The van der Waals surface area contributed by atoms with Crippen molar-refractivity contribution in [1.82, 2.24) is 10.3 Å². The maximum Gasteiger partial charge on any atom is 0.303 e. The Labute approximate surface area is 173 Å². The van der Waals surface area contributed by atoms with Crippen LogP contribution in [0, 0.1) is 5.92 Å². The van der Waals surface area contributed by atoms with Crippen LogP contribution >= 0.6 is 11.3 Å². The summed E-state index contributed by atoms with van der Waals surface area (Å²) in [7, 11) is 0. The van der Waals surface area contributed by atoms with Crippen LogP contribution in [0.25, 0.3) is 0 Å². The standard InChI is InChI=1S/C21H25N3O4S/c1-13-7-8-15-16(10-13)29-21(24-17(25)5-2-6-18(26)27)19(15)20(28)23-12-14-4-3-9-22-11-14/h3-4,9,11,13H,2,5-8,10,12H2,1H3,(H,23,28)(H,24,25)(H,26,27)/t13-/m1/s1. The zero-order chi connectivity index (χ0) is 20.8. The molecule has 7 nitrogen and oxygen atoms in total. The zero-order valence-electron chi connectivity index (χ0n) is 16.4. The number of carbonyl (C=O) groups is 3. The summed E-state index contributed by atoms with van der Waals surface area (Å²) < 4.78 is 0. The monoisotopic (exact) mass is 415 g/mol. The number of carboxylic acids is 1. The predicted octanol–water partition coefficient (Wildman–Crippen LogP) is 3.39. The second kappa shape index (κ2) is 9.65. The number of hydrogen-bond donors (Lipinski definition) is 3. The molecule has 0 spiro atoms. The zero-order valence-corrected chi connectivity index (χ0v) is 17.2. The number of rotatable bonds is 8. The highest BCUT2D eigenvalue weighted by atomic mass is 32.1. The van der Waals surface area contributed by atoms with Gasteiger partial charge in [-0.05, 0) is 48.8 Å². The maximum absolute atomic E-state index is 13.0. The SMILES string of the molecule is C[C@@H]1CCc2c(sc(NC(=O)CCCC(=O)O)c2C(=O)NCc2cccnc2)C1. The Kier molecular flexibility index (Phi) is 6.98. The van der Waals surface area contributed by atoms with E-state index in [-0.39, 0.29) is 31.1 Å². The van der Waals surface area contributed by atoms with Gasteiger partial charge >= 0.3 is 5.97 Å². The number of amides is 2. The molecule has 0 radical (unpaired) electrons. The van der Waals surface area contributed by atoms with Gasteiger partial charge in [0.1, 0.15) is 5.00 Å². The molecule has 2 aromatic rings. The van der Waals surface area contributed by atoms with Crippen LogP contribution in [0.4, 0.5) is 5.00 Å². The van der Waals surface area contributed by atoms with Gasteiger partial charge in [0.2, 0.25) is 5.91 Å². The number of aliphatic carboxylic acids is 1. The molecule has 0 fully saturated rings. The summed E-state index contributed by atoms with van der Waals surface area (Å²) in [6.45, 7) is 2.55. The second-order valence-electron chi connectivity index (χ2n) is 7.40. The molecule has 8 heteroatoms. The number of thiophene rings is 1. The number of carboxylic acid groups (broad SMARTS) is 1. The number of carbonyl (C=O) groups excluding carboxylic acids is 2. The van der Waals surface area contributed by atoms with Crippen LogP contribution in [0.3, 0.4) is 0 Å². The Morgan fingerprint density at radius 3 is 2.86 bits per heavy atom. The molecule has 0 aromatic carbocycles. The van der Waals surface area contributed by atoms with Crippen molar-refractivity contribution in [2.24, 2.45) is 5.92 Å². The van der Waals surface area contributed by atoms with E-state index in [4.69, 9.17) is 5.11 Å². The van der Waals surface area contributed by atoms with Gasteiger partial charge in [0.15, 0.2) is 0 Å². The summed E-state index contributed by atoms with van der Waals surface area (Å²) in [5, 5.41) is 15.1. The highest BCUT2D eigenvalue weighted by Gasteiger charge is 2.28. The number of pyridine rings is 1. The fourth-order valence-corrected chi connectivity index (χ4v) is 4.87. The van der Waals surface area contributed by atoms with E-state index < -0.39 is 5.97 Å². The van der Waals surface area contributed by atoms with E-state index in [0.29, 0.717) is 23.0 Å². The Hall–Kier alpha value is -2.74. The van der Waals surface area contributed by atoms with Gasteiger partial charge in [-0.15, -0.1) is 11.3 Å². The molecule has 3 rings (SSSR count). The third-order valence-corrected chi connectivity index (χ3v) is 6.13. The van der Waals surface area contributed by atoms with Crippen molar-refractivity contribution in [1.29, 1.82) is 0 Å². The van der Waals surface area contributed by atoms with Gasteiger partial charge in [0, 0.05) is 36.7 Å². The van der Waals surface area contributed by atoms with Gasteiger partial charge in [-0.25, -0.2) is 0 Å². The molecule has 2 heterocycles. The second-order valence-corrected chi connectivity index (χ2v) is 8.50. The normalized spacial score (nSPS) is 15.4. The summed E-state index contributed by atoms with van der Waals surface area (Å²) in [6.07, 6.45) is 6.45. The van der Waals surface area contributed by atoms with Crippen molar-refractivity contribution in [3.63, 3.8) is 0 Å². The quantitative estimate of drug-likeness (QED) is 0.612. The Morgan fingerprint density at radius 1 is 1.31 bits per heavy atom. The Balaban J connectivity index is 1.75. The van der Waals surface area contributed by atoms with Crippen LogP contribution in [0.15, 0.2) is 24.5 Å². The summed E-state index contributed by atoms with van der Waals surface area (Å²) in [6, 6.07) is 3.71. The fraction of sp³-hybridized carbons (Fsp3) is 0.429. The van der Waals surface area contributed by atoms with E-state index in [9.17, 15) is 14.4 Å². The lowest BCUT2D eigenvalue weighted by molar-refractivity contribution is -0.137. The van der Waals surface area contributed by atoms with Crippen molar-refractivity contribution in [2.75, 3.05) is 5.32 Å². The van der Waals surface area contributed by atoms with Crippen LogP contribution in [0.5, 0.6) is 0 Å². The van der Waals surface area contributed by atoms with Crippen LogP contribution in [0.1, 0.15) is 59.0 Å². The number of nitrogens with one attached hydrogen (secondary N) is 2. The number of fused-ring (bicyclic) bond motifs is 1. The van der Waals surface area contributed by atoms with Gasteiger partial charge in [-0.2, -0.15) is 0 Å². The van der Waals surface area contributed by atoms with E-state index in [1.54, 1.807) is 12.4 Å². The van der Waals surface area contributed by atoms with Gasteiger partial charge in [-0.3, -0.25) is 19.4 Å². The van der Waals surface area contributed by atoms with Crippen molar-refractivity contribution in [3.8, 4) is 0 Å². The summed E-state index contributed by atoms with van der Waals surface area (Å²) in [4.78, 5) is 41.1. The number of aromatic nitrogens is 1. The van der Waals surface area contributed by atoms with E-state index in [0.717, 1.165) is 35.3 Å². The van der Waals surface area contributed by atoms with E-state index in [1.807, 2.05) is 12.1 Å². The average molecular weight is 416 g/mol. The first-order chi connectivity index (χ1) is 13.9. The van der Waals surface area contributed by atoms with Crippen LogP contribution in [-0.2, 0) is 29.0 Å². The van der Waals surface area contributed by atoms with Gasteiger partial charge in [-0.1, -0.05) is 13.0 Å². The van der Waals surface area contributed by atoms with Crippen molar-refractivity contribution < 1.29 is 19.5 Å². The molecule has 2 amide bonds. The molecule has 2 aromatic heterocycles. The van der Waals surface area contributed by atoms with Crippen LogP contribution in [0.2, 0.25) is 0 Å². The van der Waals surface area contributed by atoms with Crippen LogP contribution < -0.4 is 10.6 Å². The maximum atomic E-state index is 13.0. The Morgan fingerprint density at radius 2 is 2.14 bits per heavy atom. The molecule has 0 bridgehead atoms. The van der Waals surface area contributed by atoms with Crippen molar-refractivity contribution >= 4 is 34.1 Å². The largest absolute Gasteiger partial charge is 0.481 e. The molecule has 0 aliphatic heterocycles. The molecule has 3 N–H and O–H groups in total. The highest BCUT2D eigenvalue weighted by Crippen LogP contribution is 2.39. The Bertz CT molecular complexity index is 895. The highest BCUT2D eigenvalue weighted by molar-refractivity contribution is 7.17. The van der Waals surface area contributed by atoms with Crippen molar-refractivity contribution in [2.45, 2.75) is 52.0 Å². The molecule has 29 heavy (non-hydrogen) atoms. The minimum Gasteiger partial charge on any atom is -0.481 e. The summed E-state index contributed by atoms with van der Waals surface area (Å²) >= 11 is 1.46. The third-order valence-electron chi connectivity index (χ3n) is 4.96. The number of hydrogen-bond acceptors (Lipinski definition) is 5. The lowest BCUT2D eigenvalue weighted by atomic mass is 9.88. The minimum atomic E-state index is -0.922. The van der Waals surface area contributed by atoms with E-state index in [2.05, 4.69) is 22.5 Å². The lowest BCUT2D eigenvalue weighted by Gasteiger charge is -2.18. The summed E-state index contributed by atoms with van der Waals surface area (Å²) in [5.74, 6) is -0.846. The molecule has 1 aliphatic rings. The smallest absolute Gasteiger partial charge is 0.303 e. The molecule has 0 unspecified atom stereocenters. The topological polar surface area (TPSA) is 108 Å². The molecule has 1 aliphatic carbocycles. The molecular formula is C21H25N3O4S. The minimum absolute atomic E-state index is 0.0513. The summed E-state index contributed by atoms with van der Waals surface area (Å²) in [5.41, 5.74) is 2.47. The first-order valence-electron chi connectivity index (χ1n) is 9.77. The predicted molar refractivity (Wildman–Crippen MR) is 111 cm³/mol. The van der Waals surface area contributed by atoms with E-state index in [1.165, 1.54) is 11.3 Å². The first-order valence-corrected chi connectivity index (χ1v) is 10.6. The third kappa shape index (κ3) is 5.63. The molecule has 154 valence electrons. The number of anilines is 1. The molecule has 1 atom stereocenters. The number of nitrogens with zero attached hydrogens (tertiary/aromatic N) is 1. The lowest BCUT2D eigenvalue weighted by Crippen LogP contribution is -2.26. The molecule has 0 saturated carbocycles. The van der Waals surface area contributed by atoms with Crippen molar-refractivity contribution in [3.05, 3.63) is 46.1 Å². The molecule has 0 saturated heterocycles. The molecular weight excluding hydrogens is 390 g/mol. The fourth-order valence-electron chi connectivity index (χ4n) is 3.44. The van der Waals surface area contributed by atoms with Crippen LogP contribution in [-0.4, -0.2) is 27.9 Å². The van der Waals surface area contributed by atoms with Gasteiger partial charge < -0.3 is 15.7 Å². The first kappa shape index (κ1) is 21.0.